The number of benzene rings is 1. The number of nitrogens with two attached hydrogens (primary N) is 1. The van der Waals surface area contributed by atoms with Crippen LogP contribution < -0.4 is 16.4 Å². The molecule has 2 heterocycles. The Hall–Kier alpha value is -2.94. The minimum atomic E-state index is -1.61. The number of nitrogens with zero attached hydrogens (tertiary/aromatic N) is 1. The second-order valence-electron chi connectivity index (χ2n) is 9.99. The molecule has 4 amide bonds. The largest absolute Gasteiger partial charge is 0.480 e. The molecule has 0 bridgehead atoms. The number of rotatable bonds is 7. The van der Waals surface area contributed by atoms with Crippen molar-refractivity contribution in [3.63, 3.8) is 0 Å². The molecule has 5 N–H and O–H groups in total. The number of carbonyl (C=O) groups excluding carboxylic acids is 3. The fourth-order valence-corrected chi connectivity index (χ4v) is 6.20. The molecule has 4 rings (SSSR count). The van der Waals surface area contributed by atoms with Gasteiger partial charge in [0.05, 0.1) is 11.8 Å². The van der Waals surface area contributed by atoms with E-state index in [4.69, 9.17) is 5.73 Å². The quantitative estimate of drug-likeness (QED) is 0.355. The van der Waals surface area contributed by atoms with Crippen LogP contribution in [0.5, 0.6) is 0 Å². The van der Waals surface area contributed by atoms with Crippen molar-refractivity contribution in [3.8, 4) is 0 Å². The lowest BCUT2D eigenvalue weighted by Gasteiger charge is -2.34. The molecule has 1 aliphatic carbocycles. The molecule has 4 atom stereocenters. The third kappa shape index (κ3) is 4.06. The standard InChI is InChI=1S/C25H34N4O5/c1-14-9-10-15(2)17(13-14)20-18-19(22(31)29(21(18)30)16-7-4-3-5-8-16)25(28-20,23(32)33)11-6-12-27-24(26)34/h9-10,13,16,18-20,28H,3-8,11-12H2,1-2H3,(H,32,33)(H3,26,27,34). The Kier molecular flexibility index (Phi) is 6.66. The topological polar surface area (TPSA) is 142 Å². The number of imide groups is 1. The number of fused-ring (bicyclic) bond motifs is 1. The number of carboxylic acids is 1. The molecule has 4 unspecified atom stereocenters. The number of aliphatic carboxylic acids is 1. The zero-order chi connectivity index (χ0) is 24.6. The lowest BCUT2D eigenvalue weighted by molar-refractivity contribution is -0.153. The van der Waals surface area contributed by atoms with Gasteiger partial charge in [-0.2, -0.15) is 0 Å². The average Bonchev–Trinajstić information content (AvgIpc) is 3.28. The first-order valence-electron chi connectivity index (χ1n) is 12.2. The number of carboxylic acid groups (broad SMARTS) is 1. The third-order valence-corrected chi connectivity index (χ3v) is 7.83. The van der Waals surface area contributed by atoms with Crippen molar-refractivity contribution in [3.05, 3.63) is 34.9 Å². The van der Waals surface area contributed by atoms with E-state index in [1.165, 1.54) is 4.90 Å². The number of primary amides is 1. The maximum Gasteiger partial charge on any atom is 0.324 e. The molecular formula is C25H34N4O5. The molecule has 184 valence electrons. The van der Waals surface area contributed by atoms with Crippen LogP contribution in [0.15, 0.2) is 18.2 Å². The van der Waals surface area contributed by atoms with Crippen LogP contribution in [-0.4, -0.2) is 51.9 Å². The van der Waals surface area contributed by atoms with Gasteiger partial charge in [-0.3, -0.25) is 24.6 Å². The summed E-state index contributed by atoms with van der Waals surface area (Å²) in [6, 6.07) is 4.46. The highest BCUT2D eigenvalue weighted by molar-refractivity contribution is 6.09. The van der Waals surface area contributed by atoms with E-state index in [9.17, 15) is 24.3 Å². The van der Waals surface area contributed by atoms with Crippen LogP contribution in [0.1, 0.15) is 67.7 Å². The Morgan fingerprint density at radius 1 is 1.18 bits per heavy atom. The first kappa shape index (κ1) is 24.2. The third-order valence-electron chi connectivity index (χ3n) is 7.83. The fourth-order valence-electron chi connectivity index (χ4n) is 6.20. The number of urea groups is 1. The van der Waals surface area contributed by atoms with E-state index in [1.807, 2.05) is 32.0 Å². The van der Waals surface area contributed by atoms with Crippen molar-refractivity contribution in [2.45, 2.75) is 76.4 Å². The number of likely N-dealkylation sites (tertiary alicyclic amines) is 1. The second kappa shape index (κ2) is 9.37. The first-order valence-corrected chi connectivity index (χ1v) is 12.2. The van der Waals surface area contributed by atoms with Crippen molar-refractivity contribution >= 4 is 23.8 Å². The molecule has 2 aliphatic heterocycles. The number of carbonyl (C=O) groups is 4. The normalized spacial score (nSPS) is 29.4. The van der Waals surface area contributed by atoms with Crippen LogP contribution >= 0.6 is 0 Å². The van der Waals surface area contributed by atoms with Gasteiger partial charge in [-0.15, -0.1) is 0 Å². The molecule has 9 heteroatoms. The van der Waals surface area contributed by atoms with Gasteiger partial charge in [-0.05, 0) is 50.7 Å². The van der Waals surface area contributed by atoms with E-state index < -0.39 is 35.4 Å². The molecule has 1 aromatic carbocycles. The number of amides is 4. The molecule has 9 nitrogen and oxygen atoms in total. The smallest absolute Gasteiger partial charge is 0.324 e. The molecule has 0 spiro atoms. The fraction of sp³-hybridized carbons (Fsp3) is 0.600. The molecule has 2 saturated heterocycles. The Bertz CT molecular complexity index is 1010. The summed E-state index contributed by atoms with van der Waals surface area (Å²) in [5, 5.41) is 16.2. The van der Waals surface area contributed by atoms with Gasteiger partial charge in [0.25, 0.3) is 0 Å². The summed E-state index contributed by atoms with van der Waals surface area (Å²) in [4.78, 5) is 52.9. The summed E-state index contributed by atoms with van der Waals surface area (Å²) in [5.74, 6) is -3.58. The minimum Gasteiger partial charge on any atom is -0.480 e. The Balaban J connectivity index is 1.75. The maximum atomic E-state index is 13.8. The Morgan fingerprint density at radius 3 is 2.53 bits per heavy atom. The predicted molar refractivity (Wildman–Crippen MR) is 125 cm³/mol. The molecule has 3 aliphatic rings. The van der Waals surface area contributed by atoms with E-state index in [-0.39, 0.29) is 30.8 Å². The monoisotopic (exact) mass is 470 g/mol. The zero-order valence-corrected chi connectivity index (χ0v) is 19.8. The van der Waals surface area contributed by atoms with Crippen molar-refractivity contribution in [2.75, 3.05) is 6.54 Å². The summed E-state index contributed by atoms with van der Waals surface area (Å²) in [6.07, 6.45) is 4.91. The van der Waals surface area contributed by atoms with Gasteiger partial charge in [-0.25, -0.2) is 4.79 Å². The maximum absolute atomic E-state index is 13.8. The van der Waals surface area contributed by atoms with Crippen LogP contribution in [0.4, 0.5) is 4.79 Å². The number of hydrogen-bond donors (Lipinski definition) is 4. The van der Waals surface area contributed by atoms with Crippen LogP contribution in [0, 0.1) is 25.7 Å². The zero-order valence-electron chi connectivity index (χ0n) is 19.8. The van der Waals surface area contributed by atoms with Gasteiger partial charge in [0, 0.05) is 18.6 Å². The van der Waals surface area contributed by atoms with E-state index >= 15 is 0 Å². The molecule has 1 saturated carbocycles. The summed E-state index contributed by atoms with van der Waals surface area (Å²) >= 11 is 0. The van der Waals surface area contributed by atoms with Gasteiger partial charge in [0.1, 0.15) is 5.54 Å². The predicted octanol–water partition coefficient (Wildman–Crippen LogP) is 2.15. The van der Waals surface area contributed by atoms with Gasteiger partial charge >= 0.3 is 12.0 Å². The molecule has 0 radical (unpaired) electrons. The lowest BCUT2D eigenvalue weighted by Crippen LogP contribution is -2.56. The van der Waals surface area contributed by atoms with Crippen LogP contribution in [0.2, 0.25) is 0 Å². The van der Waals surface area contributed by atoms with E-state index in [0.29, 0.717) is 6.42 Å². The summed E-state index contributed by atoms with van der Waals surface area (Å²) in [5.41, 5.74) is 6.32. The summed E-state index contributed by atoms with van der Waals surface area (Å²) in [6.45, 7) is 4.07. The highest BCUT2D eigenvalue weighted by atomic mass is 16.4. The molecule has 34 heavy (non-hydrogen) atoms. The number of nitrogens with one attached hydrogen (secondary N) is 2. The molecular weight excluding hydrogens is 436 g/mol. The average molecular weight is 471 g/mol. The lowest BCUT2D eigenvalue weighted by atomic mass is 9.76. The Labute approximate surface area is 199 Å². The van der Waals surface area contributed by atoms with Crippen molar-refractivity contribution < 1.29 is 24.3 Å². The number of aryl methyl sites for hydroxylation is 2. The highest BCUT2D eigenvalue weighted by Gasteiger charge is 2.68. The van der Waals surface area contributed by atoms with Gasteiger partial charge in [-0.1, -0.05) is 43.0 Å². The number of hydrogen-bond acceptors (Lipinski definition) is 5. The van der Waals surface area contributed by atoms with Gasteiger partial charge < -0.3 is 16.2 Å². The highest BCUT2D eigenvalue weighted by Crippen LogP contribution is 2.52. The molecule has 3 fully saturated rings. The first-order chi connectivity index (χ1) is 16.2. The van der Waals surface area contributed by atoms with E-state index in [0.717, 1.165) is 48.8 Å². The second-order valence-corrected chi connectivity index (χ2v) is 9.99. The van der Waals surface area contributed by atoms with Crippen LogP contribution in [0.3, 0.4) is 0 Å². The molecule has 0 aromatic heterocycles. The van der Waals surface area contributed by atoms with Gasteiger partial charge in [0.15, 0.2) is 0 Å². The van der Waals surface area contributed by atoms with E-state index in [2.05, 4.69) is 10.6 Å². The van der Waals surface area contributed by atoms with Crippen molar-refractivity contribution in [2.24, 2.45) is 17.6 Å². The van der Waals surface area contributed by atoms with Crippen molar-refractivity contribution in [1.82, 2.24) is 15.5 Å². The summed E-state index contributed by atoms with van der Waals surface area (Å²) < 4.78 is 0. The Morgan fingerprint density at radius 2 is 1.88 bits per heavy atom. The van der Waals surface area contributed by atoms with Gasteiger partial charge in [0.2, 0.25) is 11.8 Å². The van der Waals surface area contributed by atoms with E-state index in [1.54, 1.807) is 0 Å². The SMILES string of the molecule is Cc1ccc(C)c(C2NC(CCCNC(N)=O)(C(=O)O)C3C(=O)N(C4CCCCC4)C(=O)C23)c1. The molecule has 1 aromatic rings. The van der Waals surface area contributed by atoms with Crippen molar-refractivity contribution in [1.29, 1.82) is 0 Å². The summed E-state index contributed by atoms with van der Waals surface area (Å²) in [7, 11) is 0. The minimum absolute atomic E-state index is 0.0860. The van der Waals surface area contributed by atoms with Crippen LogP contribution in [0.25, 0.3) is 0 Å². The van der Waals surface area contributed by atoms with Crippen LogP contribution in [-0.2, 0) is 14.4 Å².